The molecule has 1 rings (SSSR count). The molecule has 0 bridgehead atoms. The second-order valence-corrected chi connectivity index (χ2v) is 4.45. The van der Waals surface area contributed by atoms with Crippen molar-refractivity contribution in [1.29, 1.82) is 0 Å². The highest BCUT2D eigenvalue weighted by molar-refractivity contribution is 7.80. The van der Waals surface area contributed by atoms with Gasteiger partial charge in [0.2, 0.25) is 0 Å². The Morgan fingerprint density at radius 1 is 1.06 bits per heavy atom. The SMILES string of the molecule is OC[C@H]1O[C@@H](OCCCCS)[C@H](O)[C@@H](O)[C@H]1O. The maximum absolute atomic E-state index is 9.62. The number of aliphatic hydroxyl groups excluding tert-OH is 4. The first-order valence-electron chi connectivity index (χ1n) is 5.64. The highest BCUT2D eigenvalue weighted by atomic mass is 32.1. The third-order valence-electron chi connectivity index (χ3n) is 2.68. The molecule has 5 atom stereocenters. The zero-order chi connectivity index (χ0) is 12.8. The van der Waals surface area contributed by atoms with Crippen LogP contribution in [0.1, 0.15) is 12.8 Å². The lowest BCUT2D eigenvalue weighted by molar-refractivity contribution is -0.301. The van der Waals surface area contributed by atoms with E-state index in [1.165, 1.54) is 0 Å². The first kappa shape index (κ1) is 15.2. The molecule has 1 aliphatic rings. The van der Waals surface area contributed by atoms with Crippen LogP contribution in [0, 0.1) is 0 Å². The Morgan fingerprint density at radius 2 is 1.76 bits per heavy atom. The predicted octanol–water partition coefficient (Wildman–Crippen LogP) is -1.49. The van der Waals surface area contributed by atoms with Crippen LogP contribution in [0.5, 0.6) is 0 Å². The predicted molar refractivity (Wildman–Crippen MR) is 62.8 cm³/mol. The topological polar surface area (TPSA) is 99.4 Å². The maximum Gasteiger partial charge on any atom is 0.186 e. The number of ether oxygens (including phenoxy) is 2. The summed E-state index contributed by atoms with van der Waals surface area (Å²) < 4.78 is 10.4. The molecule has 6 nitrogen and oxygen atoms in total. The first-order chi connectivity index (χ1) is 8.11. The van der Waals surface area contributed by atoms with Crippen molar-refractivity contribution in [3.05, 3.63) is 0 Å². The largest absolute Gasteiger partial charge is 0.394 e. The molecule has 0 spiro atoms. The molecule has 0 aromatic carbocycles. The van der Waals surface area contributed by atoms with E-state index in [-0.39, 0.29) is 0 Å². The van der Waals surface area contributed by atoms with E-state index in [2.05, 4.69) is 12.6 Å². The third-order valence-corrected chi connectivity index (χ3v) is 3.00. The van der Waals surface area contributed by atoms with Crippen molar-refractivity contribution in [2.75, 3.05) is 19.0 Å². The molecular formula is C10H20O6S. The summed E-state index contributed by atoms with van der Waals surface area (Å²) in [7, 11) is 0. The lowest BCUT2D eigenvalue weighted by Gasteiger charge is -2.39. The average Bonchev–Trinajstić information content (AvgIpc) is 2.34. The van der Waals surface area contributed by atoms with Crippen molar-refractivity contribution >= 4 is 12.6 Å². The molecule has 1 aliphatic heterocycles. The van der Waals surface area contributed by atoms with Crippen LogP contribution in [0.25, 0.3) is 0 Å². The minimum absolute atomic E-state index is 0.364. The molecule has 1 heterocycles. The summed E-state index contributed by atoms with van der Waals surface area (Å²) in [5.41, 5.74) is 0. The Balaban J connectivity index is 2.42. The molecule has 7 heteroatoms. The van der Waals surface area contributed by atoms with Gasteiger partial charge in [-0.2, -0.15) is 12.6 Å². The average molecular weight is 268 g/mol. The third kappa shape index (κ3) is 4.06. The fraction of sp³-hybridized carbons (Fsp3) is 1.00. The summed E-state index contributed by atoms with van der Waals surface area (Å²) in [6.07, 6.45) is -4.33. The summed E-state index contributed by atoms with van der Waals surface area (Å²) in [6, 6.07) is 0. The molecular weight excluding hydrogens is 248 g/mol. The van der Waals surface area contributed by atoms with Crippen molar-refractivity contribution in [3.8, 4) is 0 Å². The smallest absolute Gasteiger partial charge is 0.186 e. The van der Waals surface area contributed by atoms with Crippen molar-refractivity contribution in [1.82, 2.24) is 0 Å². The summed E-state index contributed by atoms with van der Waals surface area (Å²) in [6.45, 7) is -0.0787. The van der Waals surface area contributed by atoms with Gasteiger partial charge >= 0.3 is 0 Å². The van der Waals surface area contributed by atoms with Crippen LogP contribution in [-0.4, -0.2) is 70.1 Å². The van der Waals surface area contributed by atoms with Crippen LogP contribution in [-0.2, 0) is 9.47 Å². The van der Waals surface area contributed by atoms with Gasteiger partial charge in [-0.15, -0.1) is 0 Å². The van der Waals surface area contributed by atoms with Crippen LogP contribution < -0.4 is 0 Å². The van der Waals surface area contributed by atoms with Crippen molar-refractivity contribution in [3.63, 3.8) is 0 Å². The van der Waals surface area contributed by atoms with E-state index in [9.17, 15) is 15.3 Å². The van der Waals surface area contributed by atoms with Gasteiger partial charge in [0.05, 0.1) is 6.61 Å². The van der Waals surface area contributed by atoms with E-state index in [1.54, 1.807) is 0 Å². The van der Waals surface area contributed by atoms with E-state index < -0.39 is 37.3 Å². The zero-order valence-corrected chi connectivity index (χ0v) is 10.4. The highest BCUT2D eigenvalue weighted by Crippen LogP contribution is 2.22. The van der Waals surface area contributed by atoms with Crippen molar-refractivity contribution < 1.29 is 29.9 Å². The Bertz CT molecular complexity index is 215. The Labute approximate surface area is 106 Å². The Morgan fingerprint density at radius 3 is 2.35 bits per heavy atom. The number of rotatable bonds is 6. The molecule has 4 N–H and O–H groups in total. The fourth-order valence-electron chi connectivity index (χ4n) is 1.62. The first-order valence-corrected chi connectivity index (χ1v) is 6.28. The fourth-order valence-corrected chi connectivity index (χ4v) is 1.84. The molecule has 102 valence electrons. The van der Waals surface area contributed by atoms with Crippen LogP contribution in [0.4, 0.5) is 0 Å². The maximum atomic E-state index is 9.62. The van der Waals surface area contributed by atoms with Crippen molar-refractivity contribution in [2.45, 2.75) is 43.5 Å². The van der Waals surface area contributed by atoms with Gasteiger partial charge in [-0.25, -0.2) is 0 Å². The van der Waals surface area contributed by atoms with E-state index >= 15 is 0 Å². The highest BCUT2D eigenvalue weighted by Gasteiger charge is 2.43. The molecule has 0 aromatic rings. The number of hydrogen-bond acceptors (Lipinski definition) is 7. The minimum Gasteiger partial charge on any atom is -0.394 e. The molecule has 17 heavy (non-hydrogen) atoms. The number of hydrogen-bond donors (Lipinski definition) is 5. The molecule has 1 saturated heterocycles. The molecule has 0 aliphatic carbocycles. The van der Waals surface area contributed by atoms with Crippen LogP contribution >= 0.6 is 12.6 Å². The van der Waals surface area contributed by atoms with Gasteiger partial charge in [0.15, 0.2) is 6.29 Å². The summed E-state index contributed by atoms with van der Waals surface area (Å²) in [4.78, 5) is 0. The van der Waals surface area contributed by atoms with Crippen LogP contribution in [0.2, 0.25) is 0 Å². The van der Waals surface area contributed by atoms with E-state index in [0.29, 0.717) is 6.61 Å². The Hall–Kier alpha value is 0.110. The number of thiol groups is 1. The molecule has 0 unspecified atom stereocenters. The summed E-state index contributed by atoms with van der Waals surface area (Å²) in [5, 5.41) is 37.6. The van der Waals surface area contributed by atoms with Gasteiger partial charge in [-0.3, -0.25) is 0 Å². The van der Waals surface area contributed by atoms with E-state index in [1.807, 2.05) is 0 Å². The van der Waals surface area contributed by atoms with E-state index in [4.69, 9.17) is 14.6 Å². The van der Waals surface area contributed by atoms with Crippen LogP contribution in [0.3, 0.4) is 0 Å². The van der Waals surface area contributed by atoms with Crippen LogP contribution in [0.15, 0.2) is 0 Å². The normalized spacial score (nSPS) is 38.3. The van der Waals surface area contributed by atoms with E-state index in [0.717, 1.165) is 18.6 Å². The summed E-state index contributed by atoms with van der Waals surface area (Å²) in [5.74, 6) is 0.748. The number of unbranched alkanes of at least 4 members (excludes halogenated alkanes) is 1. The van der Waals surface area contributed by atoms with Gasteiger partial charge in [-0.05, 0) is 18.6 Å². The molecule has 0 saturated carbocycles. The molecule has 1 fully saturated rings. The lowest BCUT2D eigenvalue weighted by atomic mass is 9.99. The van der Waals surface area contributed by atoms with Gasteiger partial charge in [-0.1, -0.05) is 0 Å². The number of aliphatic hydroxyl groups is 4. The minimum atomic E-state index is -1.38. The van der Waals surface area contributed by atoms with Gasteiger partial charge in [0, 0.05) is 6.61 Å². The lowest BCUT2D eigenvalue weighted by Crippen LogP contribution is -2.59. The van der Waals surface area contributed by atoms with Gasteiger partial charge in [0.25, 0.3) is 0 Å². The second kappa shape index (κ2) is 7.52. The van der Waals surface area contributed by atoms with Crippen molar-refractivity contribution in [2.24, 2.45) is 0 Å². The van der Waals surface area contributed by atoms with Gasteiger partial charge < -0.3 is 29.9 Å². The Kier molecular flexibility index (Phi) is 6.71. The van der Waals surface area contributed by atoms with Gasteiger partial charge in [0.1, 0.15) is 24.4 Å². The molecule has 0 radical (unpaired) electrons. The quantitative estimate of drug-likeness (QED) is 0.297. The summed E-state index contributed by atoms with van der Waals surface area (Å²) >= 11 is 4.05. The molecule has 0 amide bonds. The second-order valence-electron chi connectivity index (χ2n) is 4.00. The zero-order valence-electron chi connectivity index (χ0n) is 9.47. The molecule has 0 aromatic heterocycles. The standard InChI is InChI=1S/C10H20O6S/c11-5-6-7(12)8(13)9(14)10(16-6)15-3-1-2-4-17/h6-14,17H,1-5H2/t6-,7+,8+,9-,10-/m1/s1. The monoisotopic (exact) mass is 268 g/mol.